The van der Waals surface area contributed by atoms with Crippen molar-refractivity contribution < 1.29 is 9.18 Å². The van der Waals surface area contributed by atoms with Crippen LogP contribution in [0.5, 0.6) is 0 Å². The molecule has 0 aliphatic heterocycles. The first kappa shape index (κ1) is 17.6. The van der Waals surface area contributed by atoms with Crippen LogP contribution in [0.2, 0.25) is 0 Å². The van der Waals surface area contributed by atoms with Gasteiger partial charge in [0, 0.05) is 22.9 Å². The molecule has 0 aliphatic rings. The van der Waals surface area contributed by atoms with E-state index in [-0.39, 0.29) is 11.6 Å². The van der Waals surface area contributed by atoms with Crippen LogP contribution in [0.1, 0.15) is 15.9 Å². The van der Waals surface area contributed by atoms with Gasteiger partial charge in [0.1, 0.15) is 5.82 Å². The summed E-state index contributed by atoms with van der Waals surface area (Å²) in [6.07, 6.45) is 5.14. The largest absolute Gasteiger partial charge is 0.289 e. The van der Waals surface area contributed by atoms with E-state index >= 15 is 0 Å². The minimum Gasteiger partial charge on any atom is -0.289 e. The van der Waals surface area contributed by atoms with Crippen LogP contribution in [0.4, 0.5) is 4.39 Å². The lowest BCUT2D eigenvalue weighted by molar-refractivity contribution is 0.104. The van der Waals surface area contributed by atoms with E-state index in [1.165, 1.54) is 30.3 Å². The van der Waals surface area contributed by atoms with E-state index in [1.54, 1.807) is 10.8 Å². The van der Waals surface area contributed by atoms with Gasteiger partial charge in [0.15, 0.2) is 5.78 Å². The molecule has 3 nitrogen and oxygen atoms in total. The molecule has 0 N–H and O–H groups in total. The lowest BCUT2D eigenvalue weighted by Crippen LogP contribution is -1.93. The third-order valence-corrected chi connectivity index (χ3v) is 4.35. The molecule has 28 heavy (non-hydrogen) atoms. The Morgan fingerprint density at radius 3 is 2.18 bits per heavy atom. The standard InChI is InChI=1S/C24H17FN2O/c25-21-14-11-18(12-15-21)23(28)16-13-20-17-27(22-9-5-2-6-10-22)26-24(20)19-7-3-1-4-8-19/h1-17H/b16-13-. The minimum atomic E-state index is -0.365. The quantitative estimate of drug-likeness (QED) is 0.341. The molecular weight excluding hydrogens is 351 g/mol. The number of aromatic nitrogens is 2. The fourth-order valence-electron chi connectivity index (χ4n) is 2.92. The average Bonchev–Trinajstić information content (AvgIpc) is 3.18. The number of nitrogens with zero attached hydrogens (tertiary/aromatic N) is 2. The van der Waals surface area contributed by atoms with Crippen LogP contribution in [-0.4, -0.2) is 15.6 Å². The van der Waals surface area contributed by atoms with E-state index < -0.39 is 0 Å². The van der Waals surface area contributed by atoms with Crippen molar-refractivity contribution in [2.45, 2.75) is 0 Å². The molecular formula is C24H17FN2O. The SMILES string of the molecule is O=C(/C=C\c1cn(-c2ccccc2)nc1-c1ccccc1)c1ccc(F)cc1. The van der Waals surface area contributed by atoms with Gasteiger partial charge in [-0.1, -0.05) is 48.5 Å². The second-order valence-corrected chi connectivity index (χ2v) is 6.28. The fourth-order valence-corrected chi connectivity index (χ4v) is 2.92. The maximum Gasteiger partial charge on any atom is 0.185 e. The van der Waals surface area contributed by atoms with E-state index in [1.807, 2.05) is 66.9 Å². The molecule has 4 rings (SSSR count). The maximum absolute atomic E-state index is 13.1. The number of allylic oxidation sites excluding steroid dienone is 1. The van der Waals surface area contributed by atoms with Crippen LogP contribution >= 0.6 is 0 Å². The number of para-hydroxylation sites is 1. The number of hydrogen-bond acceptors (Lipinski definition) is 2. The van der Waals surface area contributed by atoms with Gasteiger partial charge in [-0.3, -0.25) is 4.79 Å². The molecule has 1 heterocycles. The Kier molecular flexibility index (Phi) is 4.93. The number of benzene rings is 3. The maximum atomic E-state index is 13.1. The van der Waals surface area contributed by atoms with Crippen LogP contribution < -0.4 is 0 Å². The Balaban J connectivity index is 1.71. The van der Waals surface area contributed by atoms with Gasteiger partial charge < -0.3 is 0 Å². The van der Waals surface area contributed by atoms with Gasteiger partial charge in [-0.15, -0.1) is 0 Å². The molecule has 4 aromatic rings. The molecule has 0 saturated carbocycles. The minimum absolute atomic E-state index is 0.188. The van der Waals surface area contributed by atoms with Gasteiger partial charge in [-0.2, -0.15) is 5.10 Å². The summed E-state index contributed by atoms with van der Waals surface area (Å²) in [7, 11) is 0. The highest BCUT2D eigenvalue weighted by Gasteiger charge is 2.11. The molecule has 3 aromatic carbocycles. The number of hydrogen-bond donors (Lipinski definition) is 0. The normalized spacial score (nSPS) is 11.0. The Hall–Kier alpha value is -3.79. The molecule has 1 aromatic heterocycles. The molecule has 0 amide bonds. The van der Waals surface area contributed by atoms with Gasteiger partial charge in [-0.25, -0.2) is 9.07 Å². The van der Waals surface area contributed by atoms with Crippen LogP contribution in [0.3, 0.4) is 0 Å². The monoisotopic (exact) mass is 368 g/mol. The summed E-state index contributed by atoms with van der Waals surface area (Å²) in [6, 6.07) is 25.1. The smallest absolute Gasteiger partial charge is 0.185 e. The Bertz CT molecular complexity index is 1110. The lowest BCUT2D eigenvalue weighted by atomic mass is 10.1. The second-order valence-electron chi connectivity index (χ2n) is 6.28. The number of carbonyl (C=O) groups excluding carboxylic acids is 1. The van der Waals surface area contributed by atoms with Crippen LogP contribution in [0, 0.1) is 5.82 Å². The van der Waals surface area contributed by atoms with Crippen molar-refractivity contribution in [3.05, 3.63) is 114 Å². The fraction of sp³-hybridized carbons (Fsp3) is 0. The summed E-state index contributed by atoms with van der Waals surface area (Å²) < 4.78 is 14.9. The Labute approximate surface area is 162 Å². The van der Waals surface area contributed by atoms with Gasteiger partial charge >= 0.3 is 0 Å². The molecule has 136 valence electrons. The first-order chi connectivity index (χ1) is 13.7. The van der Waals surface area contributed by atoms with Gasteiger partial charge in [0.2, 0.25) is 0 Å². The number of halogens is 1. The van der Waals surface area contributed by atoms with Crippen molar-refractivity contribution in [2.75, 3.05) is 0 Å². The molecule has 0 radical (unpaired) electrons. The van der Waals surface area contributed by atoms with Crippen molar-refractivity contribution in [2.24, 2.45) is 0 Å². The number of ketones is 1. The summed E-state index contributed by atoms with van der Waals surface area (Å²) in [6.45, 7) is 0. The van der Waals surface area contributed by atoms with Crippen LogP contribution in [-0.2, 0) is 0 Å². The van der Waals surface area contributed by atoms with E-state index in [9.17, 15) is 9.18 Å². The highest BCUT2D eigenvalue weighted by Crippen LogP contribution is 2.25. The Morgan fingerprint density at radius 1 is 0.857 bits per heavy atom. The molecule has 0 unspecified atom stereocenters. The van der Waals surface area contributed by atoms with Crippen LogP contribution in [0.25, 0.3) is 23.0 Å². The summed E-state index contributed by atoms with van der Waals surface area (Å²) in [5, 5.41) is 4.72. The molecule has 0 saturated heterocycles. The van der Waals surface area contributed by atoms with E-state index in [2.05, 4.69) is 0 Å². The second kappa shape index (κ2) is 7.84. The topological polar surface area (TPSA) is 34.9 Å². The zero-order chi connectivity index (χ0) is 19.3. The lowest BCUT2D eigenvalue weighted by Gasteiger charge is -2.00. The predicted molar refractivity (Wildman–Crippen MR) is 109 cm³/mol. The first-order valence-electron chi connectivity index (χ1n) is 8.89. The van der Waals surface area contributed by atoms with Crippen molar-refractivity contribution in [3.8, 4) is 16.9 Å². The molecule has 4 heteroatoms. The van der Waals surface area contributed by atoms with E-state index in [0.29, 0.717) is 5.56 Å². The average molecular weight is 368 g/mol. The highest BCUT2D eigenvalue weighted by molar-refractivity contribution is 6.07. The number of rotatable bonds is 5. The van der Waals surface area contributed by atoms with Gasteiger partial charge in [0.05, 0.1) is 11.4 Å². The van der Waals surface area contributed by atoms with E-state index in [0.717, 1.165) is 22.5 Å². The zero-order valence-electron chi connectivity index (χ0n) is 15.0. The van der Waals surface area contributed by atoms with Gasteiger partial charge in [-0.05, 0) is 48.6 Å². The number of carbonyl (C=O) groups is 1. The third-order valence-electron chi connectivity index (χ3n) is 4.35. The van der Waals surface area contributed by atoms with Gasteiger partial charge in [0.25, 0.3) is 0 Å². The summed E-state index contributed by atoms with van der Waals surface area (Å²) >= 11 is 0. The summed E-state index contributed by atoms with van der Waals surface area (Å²) in [4.78, 5) is 12.4. The highest BCUT2D eigenvalue weighted by atomic mass is 19.1. The third kappa shape index (κ3) is 3.81. The first-order valence-corrected chi connectivity index (χ1v) is 8.89. The molecule has 0 bridgehead atoms. The summed E-state index contributed by atoms with van der Waals surface area (Å²) in [5.41, 5.74) is 3.95. The van der Waals surface area contributed by atoms with Crippen molar-refractivity contribution in [1.29, 1.82) is 0 Å². The van der Waals surface area contributed by atoms with E-state index in [4.69, 9.17) is 5.10 Å². The molecule has 0 fully saturated rings. The molecule has 0 spiro atoms. The van der Waals surface area contributed by atoms with Crippen molar-refractivity contribution in [1.82, 2.24) is 9.78 Å². The predicted octanol–water partition coefficient (Wildman–Crippen LogP) is 5.57. The summed E-state index contributed by atoms with van der Waals surface area (Å²) in [5.74, 6) is -0.553. The Morgan fingerprint density at radius 2 is 1.50 bits per heavy atom. The molecule has 0 atom stereocenters. The van der Waals surface area contributed by atoms with Crippen molar-refractivity contribution >= 4 is 11.9 Å². The molecule has 0 aliphatic carbocycles. The van der Waals surface area contributed by atoms with Crippen LogP contribution in [0.15, 0.2) is 97.2 Å². The van der Waals surface area contributed by atoms with Crippen molar-refractivity contribution in [3.63, 3.8) is 0 Å². The zero-order valence-corrected chi connectivity index (χ0v) is 15.0.